The van der Waals surface area contributed by atoms with Gasteiger partial charge in [-0.2, -0.15) is 0 Å². The van der Waals surface area contributed by atoms with Crippen molar-refractivity contribution in [2.45, 2.75) is 31.7 Å². The zero-order valence-electron chi connectivity index (χ0n) is 10.7. The molecule has 3 N–H and O–H groups in total. The molecule has 6 heteroatoms. The molecule has 0 spiro atoms. The number of aromatic amines is 1. The van der Waals surface area contributed by atoms with Crippen molar-refractivity contribution in [3.63, 3.8) is 0 Å². The van der Waals surface area contributed by atoms with E-state index in [1.807, 2.05) is 0 Å². The first kappa shape index (κ1) is 12.9. The van der Waals surface area contributed by atoms with Gasteiger partial charge in [-0.25, -0.2) is 4.98 Å². The monoisotopic (exact) mass is 252 g/mol. The van der Waals surface area contributed by atoms with E-state index < -0.39 is 0 Å². The van der Waals surface area contributed by atoms with Crippen LogP contribution in [0.1, 0.15) is 25.7 Å². The summed E-state index contributed by atoms with van der Waals surface area (Å²) in [5, 5.41) is 0. The Labute approximate surface area is 106 Å². The molecule has 1 aliphatic carbocycles. The molecule has 0 saturated heterocycles. The second kappa shape index (κ2) is 5.86. The molecule has 18 heavy (non-hydrogen) atoms. The molecule has 1 fully saturated rings. The Bertz CT molecular complexity index is 442. The summed E-state index contributed by atoms with van der Waals surface area (Å²) in [6.07, 6.45) is 5.82. The van der Waals surface area contributed by atoms with E-state index in [1.54, 1.807) is 0 Å². The SMILES string of the molecule is COc1c(N(CCCN)C2CCC2)nc[nH]c1=O. The predicted molar refractivity (Wildman–Crippen MR) is 70.1 cm³/mol. The number of nitrogens with one attached hydrogen (secondary N) is 1. The summed E-state index contributed by atoms with van der Waals surface area (Å²) >= 11 is 0. The Balaban J connectivity index is 2.28. The van der Waals surface area contributed by atoms with Crippen LogP contribution in [0, 0.1) is 0 Å². The first-order valence-electron chi connectivity index (χ1n) is 6.36. The number of nitrogens with zero attached hydrogens (tertiary/aromatic N) is 2. The van der Waals surface area contributed by atoms with Crippen LogP contribution in [0.15, 0.2) is 11.1 Å². The topological polar surface area (TPSA) is 84.2 Å². The first-order valence-corrected chi connectivity index (χ1v) is 6.36. The molecule has 2 rings (SSSR count). The molecule has 6 nitrogen and oxygen atoms in total. The van der Waals surface area contributed by atoms with Crippen LogP contribution >= 0.6 is 0 Å². The minimum Gasteiger partial charge on any atom is -0.489 e. The van der Waals surface area contributed by atoms with Crippen molar-refractivity contribution in [3.05, 3.63) is 16.7 Å². The van der Waals surface area contributed by atoms with Crippen LogP contribution in [0.5, 0.6) is 5.75 Å². The van der Waals surface area contributed by atoms with Gasteiger partial charge in [0.2, 0.25) is 5.75 Å². The lowest BCUT2D eigenvalue weighted by atomic mass is 9.91. The van der Waals surface area contributed by atoms with Gasteiger partial charge in [0.15, 0.2) is 5.82 Å². The first-order chi connectivity index (χ1) is 8.77. The third kappa shape index (κ3) is 2.48. The van der Waals surface area contributed by atoms with Crippen molar-refractivity contribution in [1.29, 1.82) is 0 Å². The molecule has 0 aromatic carbocycles. The summed E-state index contributed by atoms with van der Waals surface area (Å²) in [7, 11) is 1.50. The number of H-pyrrole nitrogens is 1. The third-order valence-electron chi connectivity index (χ3n) is 3.39. The van der Waals surface area contributed by atoms with Gasteiger partial charge in [0.1, 0.15) is 0 Å². The Kier molecular flexibility index (Phi) is 4.19. The Morgan fingerprint density at radius 2 is 2.39 bits per heavy atom. The van der Waals surface area contributed by atoms with E-state index in [-0.39, 0.29) is 5.56 Å². The molecule has 0 aliphatic heterocycles. The minimum absolute atomic E-state index is 0.237. The number of ether oxygens (including phenoxy) is 1. The Hall–Kier alpha value is -1.56. The zero-order chi connectivity index (χ0) is 13.0. The molecule has 0 radical (unpaired) electrons. The van der Waals surface area contributed by atoms with Crippen molar-refractivity contribution in [3.8, 4) is 5.75 Å². The zero-order valence-corrected chi connectivity index (χ0v) is 10.7. The molecule has 1 aliphatic rings. The number of hydrogen-bond acceptors (Lipinski definition) is 5. The van der Waals surface area contributed by atoms with Gasteiger partial charge < -0.3 is 20.4 Å². The Morgan fingerprint density at radius 1 is 1.61 bits per heavy atom. The summed E-state index contributed by atoms with van der Waals surface area (Å²) in [6, 6.07) is 0.458. The number of rotatable bonds is 6. The minimum atomic E-state index is -0.237. The second-order valence-corrected chi connectivity index (χ2v) is 4.51. The number of nitrogens with two attached hydrogens (primary N) is 1. The average Bonchev–Trinajstić information content (AvgIpc) is 2.31. The standard InChI is InChI=1S/C12H20N4O2/c1-18-10-11(14-8-15-12(10)17)16(7-3-6-13)9-4-2-5-9/h8-9H,2-7,13H2,1H3,(H,14,15,17). The lowest BCUT2D eigenvalue weighted by Crippen LogP contribution is -2.42. The maximum atomic E-state index is 11.7. The van der Waals surface area contributed by atoms with Crippen LogP contribution < -0.4 is 20.9 Å². The summed E-state index contributed by atoms with van der Waals surface area (Å²) in [5.74, 6) is 0.931. The van der Waals surface area contributed by atoms with Crippen LogP contribution in [0.2, 0.25) is 0 Å². The van der Waals surface area contributed by atoms with Gasteiger partial charge >= 0.3 is 0 Å². The van der Waals surface area contributed by atoms with E-state index in [2.05, 4.69) is 14.9 Å². The molecule has 0 unspecified atom stereocenters. The number of aromatic nitrogens is 2. The quantitative estimate of drug-likeness (QED) is 0.769. The fourth-order valence-electron chi connectivity index (χ4n) is 2.19. The fourth-order valence-corrected chi connectivity index (χ4v) is 2.19. The van der Waals surface area contributed by atoms with Crippen LogP contribution in [0.4, 0.5) is 5.82 Å². The van der Waals surface area contributed by atoms with E-state index in [1.165, 1.54) is 19.9 Å². The maximum absolute atomic E-state index is 11.7. The molecule has 0 amide bonds. The van der Waals surface area contributed by atoms with E-state index in [0.717, 1.165) is 25.8 Å². The molecule has 0 atom stereocenters. The van der Waals surface area contributed by atoms with Crippen LogP contribution in [-0.2, 0) is 0 Å². The molecule has 0 bridgehead atoms. The van der Waals surface area contributed by atoms with Crippen molar-refractivity contribution in [2.75, 3.05) is 25.1 Å². The molecule has 1 heterocycles. The predicted octanol–water partition coefficient (Wildman–Crippen LogP) is 0.486. The largest absolute Gasteiger partial charge is 0.489 e. The van der Waals surface area contributed by atoms with E-state index in [9.17, 15) is 4.79 Å². The summed E-state index contributed by atoms with van der Waals surface area (Å²) in [4.78, 5) is 20.7. The van der Waals surface area contributed by atoms with Crippen LogP contribution in [-0.4, -0.2) is 36.2 Å². The summed E-state index contributed by atoms with van der Waals surface area (Å²) in [6.45, 7) is 1.45. The summed E-state index contributed by atoms with van der Waals surface area (Å²) in [5.41, 5.74) is 5.33. The van der Waals surface area contributed by atoms with Gasteiger partial charge in [0.05, 0.1) is 13.4 Å². The fraction of sp³-hybridized carbons (Fsp3) is 0.667. The average molecular weight is 252 g/mol. The number of methoxy groups -OCH3 is 1. The van der Waals surface area contributed by atoms with E-state index >= 15 is 0 Å². The van der Waals surface area contributed by atoms with E-state index in [0.29, 0.717) is 24.2 Å². The van der Waals surface area contributed by atoms with Gasteiger partial charge in [-0.1, -0.05) is 0 Å². The van der Waals surface area contributed by atoms with Crippen molar-refractivity contribution >= 4 is 5.82 Å². The highest BCUT2D eigenvalue weighted by molar-refractivity contribution is 5.51. The van der Waals surface area contributed by atoms with Crippen molar-refractivity contribution in [1.82, 2.24) is 9.97 Å². The van der Waals surface area contributed by atoms with Crippen LogP contribution in [0.25, 0.3) is 0 Å². The third-order valence-corrected chi connectivity index (χ3v) is 3.39. The molecule has 1 aromatic rings. The van der Waals surface area contributed by atoms with Crippen molar-refractivity contribution < 1.29 is 4.74 Å². The van der Waals surface area contributed by atoms with Gasteiger partial charge in [0.25, 0.3) is 5.56 Å². The molecular formula is C12H20N4O2. The summed E-state index contributed by atoms with van der Waals surface area (Å²) < 4.78 is 5.18. The maximum Gasteiger partial charge on any atom is 0.295 e. The normalized spacial score (nSPS) is 15.2. The highest BCUT2D eigenvalue weighted by Gasteiger charge is 2.28. The molecule has 1 saturated carbocycles. The molecule has 100 valence electrons. The molecular weight excluding hydrogens is 232 g/mol. The number of hydrogen-bond donors (Lipinski definition) is 2. The highest BCUT2D eigenvalue weighted by Crippen LogP contribution is 2.31. The second-order valence-electron chi connectivity index (χ2n) is 4.51. The lowest BCUT2D eigenvalue weighted by Gasteiger charge is -2.38. The molecule has 1 aromatic heterocycles. The number of anilines is 1. The van der Waals surface area contributed by atoms with Gasteiger partial charge in [-0.3, -0.25) is 4.79 Å². The lowest BCUT2D eigenvalue weighted by molar-refractivity contribution is 0.368. The highest BCUT2D eigenvalue weighted by atomic mass is 16.5. The van der Waals surface area contributed by atoms with Crippen LogP contribution in [0.3, 0.4) is 0 Å². The Morgan fingerprint density at radius 3 is 2.94 bits per heavy atom. The van der Waals surface area contributed by atoms with E-state index in [4.69, 9.17) is 10.5 Å². The van der Waals surface area contributed by atoms with Gasteiger partial charge in [-0.05, 0) is 32.2 Å². The smallest absolute Gasteiger partial charge is 0.295 e. The van der Waals surface area contributed by atoms with Gasteiger partial charge in [0, 0.05) is 12.6 Å². The van der Waals surface area contributed by atoms with Crippen molar-refractivity contribution in [2.24, 2.45) is 5.73 Å². The van der Waals surface area contributed by atoms with Gasteiger partial charge in [-0.15, -0.1) is 0 Å².